The lowest BCUT2D eigenvalue weighted by molar-refractivity contribution is -0.118. The van der Waals surface area contributed by atoms with Crippen LogP contribution in [0.2, 0.25) is 0 Å². The molecule has 1 aromatic heterocycles. The quantitative estimate of drug-likeness (QED) is 0.583. The first kappa shape index (κ1) is 20.2. The lowest BCUT2D eigenvalue weighted by atomic mass is 10.2. The number of hydrogen-bond donors (Lipinski definition) is 2. The molecule has 7 nitrogen and oxygen atoms in total. The Morgan fingerprint density at radius 2 is 1.96 bits per heavy atom. The van der Waals surface area contributed by atoms with Crippen LogP contribution in [0, 0.1) is 0 Å². The number of hydrogen-bond acceptors (Lipinski definition) is 6. The van der Waals surface area contributed by atoms with E-state index in [1.165, 1.54) is 35.8 Å². The zero-order valence-electron chi connectivity index (χ0n) is 15.5. The first-order valence-electron chi connectivity index (χ1n) is 8.77. The second-order valence-corrected chi connectivity index (χ2v) is 8.86. The van der Waals surface area contributed by atoms with Gasteiger partial charge >= 0.3 is 0 Å². The van der Waals surface area contributed by atoms with E-state index in [0.717, 1.165) is 10.1 Å². The van der Waals surface area contributed by atoms with Crippen LogP contribution in [0.15, 0.2) is 53.6 Å². The lowest BCUT2D eigenvalue weighted by Crippen LogP contribution is -2.31. The average molecular weight is 420 g/mol. The van der Waals surface area contributed by atoms with E-state index in [1.54, 1.807) is 13.1 Å². The van der Waals surface area contributed by atoms with Crippen molar-refractivity contribution in [3.63, 3.8) is 0 Å². The van der Waals surface area contributed by atoms with Crippen LogP contribution in [0.3, 0.4) is 0 Å². The highest BCUT2D eigenvalue weighted by Crippen LogP contribution is 2.22. The zero-order valence-corrected chi connectivity index (χ0v) is 17.1. The van der Waals surface area contributed by atoms with Gasteiger partial charge in [-0.1, -0.05) is 6.92 Å². The Morgan fingerprint density at radius 3 is 2.68 bits per heavy atom. The minimum absolute atomic E-state index is 0.145. The van der Waals surface area contributed by atoms with Gasteiger partial charge in [0.05, 0.1) is 9.60 Å². The standard InChI is InChI=1S/C19H21N3O4S2/c1-3-13(2)22-28(24,25)17-7-5-16(6-8-17)26-12-19(23)21-15-4-9-18-14(10-15)11-20-27-18/h4-11,13,22H,3,12H2,1-2H3,(H,21,23)/t13-/m1/s1. The molecule has 0 fully saturated rings. The summed E-state index contributed by atoms with van der Waals surface area (Å²) in [5.74, 6) is 0.104. The first-order valence-corrected chi connectivity index (χ1v) is 11.0. The van der Waals surface area contributed by atoms with Crippen molar-refractivity contribution in [2.75, 3.05) is 11.9 Å². The molecule has 1 heterocycles. The van der Waals surface area contributed by atoms with Gasteiger partial charge in [-0.15, -0.1) is 0 Å². The van der Waals surface area contributed by atoms with Crippen LogP contribution in [-0.2, 0) is 14.8 Å². The van der Waals surface area contributed by atoms with Gasteiger partial charge in [0.1, 0.15) is 5.75 Å². The van der Waals surface area contributed by atoms with E-state index < -0.39 is 10.0 Å². The fraction of sp³-hybridized carbons (Fsp3) is 0.263. The van der Waals surface area contributed by atoms with Gasteiger partial charge in [0.25, 0.3) is 5.91 Å². The number of carbonyl (C=O) groups excluding carboxylic acids is 1. The van der Waals surface area contributed by atoms with E-state index in [9.17, 15) is 13.2 Å². The van der Waals surface area contributed by atoms with E-state index in [-0.39, 0.29) is 23.5 Å². The van der Waals surface area contributed by atoms with Crippen LogP contribution in [0.5, 0.6) is 5.75 Å². The van der Waals surface area contributed by atoms with Crippen molar-refractivity contribution in [3.8, 4) is 5.75 Å². The number of nitrogens with zero attached hydrogens (tertiary/aromatic N) is 1. The molecule has 0 aliphatic rings. The fourth-order valence-corrected chi connectivity index (χ4v) is 4.38. The summed E-state index contributed by atoms with van der Waals surface area (Å²) in [6, 6.07) is 11.4. The monoisotopic (exact) mass is 419 g/mol. The minimum atomic E-state index is -3.56. The van der Waals surface area contributed by atoms with Crippen molar-refractivity contribution >= 4 is 43.2 Å². The number of nitrogens with one attached hydrogen (secondary N) is 2. The highest BCUT2D eigenvalue weighted by Gasteiger charge is 2.16. The number of benzene rings is 2. The van der Waals surface area contributed by atoms with Gasteiger partial charge in [-0.05, 0) is 67.3 Å². The second-order valence-electron chi connectivity index (χ2n) is 6.32. The van der Waals surface area contributed by atoms with Crippen LogP contribution in [0.1, 0.15) is 20.3 Å². The van der Waals surface area contributed by atoms with Crippen LogP contribution < -0.4 is 14.8 Å². The maximum atomic E-state index is 12.2. The predicted molar refractivity (Wildman–Crippen MR) is 110 cm³/mol. The molecule has 1 amide bonds. The molecule has 0 saturated carbocycles. The molecule has 0 saturated heterocycles. The highest BCUT2D eigenvalue weighted by atomic mass is 32.2. The predicted octanol–water partition coefficient (Wildman–Crippen LogP) is 3.39. The van der Waals surface area contributed by atoms with Crippen molar-refractivity contribution in [2.45, 2.75) is 31.2 Å². The van der Waals surface area contributed by atoms with Crippen LogP contribution in [0.4, 0.5) is 5.69 Å². The van der Waals surface area contributed by atoms with Gasteiger partial charge < -0.3 is 10.1 Å². The number of rotatable bonds is 8. The van der Waals surface area contributed by atoms with Gasteiger partial charge in [-0.2, -0.15) is 4.37 Å². The molecule has 0 radical (unpaired) electrons. The molecular weight excluding hydrogens is 398 g/mol. The summed E-state index contributed by atoms with van der Waals surface area (Å²) in [6.45, 7) is 3.53. The van der Waals surface area contributed by atoms with Crippen molar-refractivity contribution in [1.82, 2.24) is 9.10 Å². The Hall–Kier alpha value is -2.49. The number of ether oxygens (including phenoxy) is 1. The molecule has 3 aromatic rings. The topological polar surface area (TPSA) is 97.4 Å². The van der Waals surface area contributed by atoms with E-state index in [2.05, 4.69) is 14.4 Å². The molecule has 0 aliphatic heterocycles. The minimum Gasteiger partial charge on any atom is -0.484 e. The Balaban J connectivity index is 1.56. The van der Waals surface area contributed by atoms with Crippen LogP contribution in [-0.4, -0.2) is 31.3 Å². The smallest absolute Gasteiger partial charge is 0.262 e. The maximum Gasteiger partial charge on any atom is 0.262 e. The van der Waals surface area contributed by atoms with Gasteiger partial charge in [0.2, 0.25) is 10.0 Å². The van der Waals surface area contributed by atoms with Gasteiger partial charge in [-0.3, -0.25) is 4.79 Å². The third-order valence-electron chi connectivity index (χ3n) is 4.11. The SMILES string of the molecule is CC[C@@H](C)NS(=O)(=O)c1ccc(OCC(=O)Nc2ccc3sncc3c2)cc1. The van der Waals surface area contributed by atoms with E-state index in [0.29, 0.717) is 17.9 Å². The summed E-state index contributed by atoms with van der Waals surface area (Å²) in [7, 11) is -3.56. The van der Waals surface area contributed by atoms with Crippen LogP contribution >= 0.6 is 11.5 Å². The molecule has 0 bridgehead atoms. The summed E-state index contributed by atoms with van der Waals surface area (Å²) in [6.07, 6.45) is 2.45. The molecule has 148 valence electrons. The summed E-state index contributed by atoms with van der Waals surface area (Å²) in [5, 5.41) is 3.73. The number of sulfonamides is 1. The molecule has 9 heteroatoms. The molecule has 3 rings (SSSR count). The second kappa shape index (κ2) is 8.68. The number of amides is 1. The molecule has 2 N–H and O–H groups in total. The number of aromatic nitrogens is 1. The van der Waals surface area contributed by atoms with Crippen molar-refractivity contribution in [2.24, 2.45) is 0 Å². The summed E-state index contributed by atoms with van der Waals surface area (Å²) in [4.78, 5) is 12.2. The molecular formula is C19H21N3O4S2. The summed E-state index contributed by atoms with van der Waals surface area (Å²) < 4.78 is 37.7. The number of anilines is 1. The Kier molecular flexibility index (Phi) is 6.28. The molecule has 0 spiro atoms. The number of fused-ring (bicyclic) bond motifs is 1. The highest BCUT2D eigenvalue weighted by molar-refractivity contribution is 7.89. The zero-order chi connectivity index (χ0) is 20.1. The summed E-state index contributed by atoms with van der Waals surface area (Å²) in [5.41, 5.74) is 0.666. The molecule has 1 atom stereocenters. The van der Waals surface area contributed by atoms with E-state index in [4.69, 9.17) is 4.74 Å². The van der Waals surface area contributed by atoms with Gasteiger partial charge in [-0.25, -0.2) is 13.1 Å². The Labute approximate surface area is 167 Å². The van der Waals surface area contributed by atoms with Crippen LogP contribution in [0.25, 0.3) is 10.1 Å². The average Bonchev–Trinajstić information content (AvgIpc) is 3.14. The molecule has 0 aliphatic carbocycles. The van der Waals surface area contributed by atoms with E-state index in [1.807, 2.05) is 25.1 Å². The first-order chi connectivity index (χ1) is 13.4. The molecule has 2 aromatic carbocycles. The molecule has 28 heavy (non-hydrogen) atoms. The Morgan fingerprint density at radius 1 is 1.21 bits per heavy atom. The third-order valence-corrected chi connectivity index (χ3v) is 6.49. The lowest BCUT2D eigenvalue weighted by Gasteiger charge is -2.12. The number of carbonyl (C=O) groups is 1. The third kappa shape index (κ3) is 5.06. The molecule has 0 unspecified atom stereocenters. The van der Waals surface area contributed by atoms with E-state index >= 15 is 0 Å². The van der Waals surface area contributed by atoms with Crippen molar-refractivity contribution < 1.29 is 17.9 Å². The van der Waals surface area contributed by atoms with Crippen molar-refractivity contribution in [3.05, 3.63) is 48.7 Å². The largest absolute Gasteiger partial charge is 0.484 e. The van der Waals surface area contributed by atoms with Gasteiger partial charge in [0, 0.05) is 23.3 Å². The summed E-state index contributed by atoms with van der Waals surface area (Å²) >= 11 is 1.39. The maximum absolute atomic E-state index is 12.2. The van der Waals surface area contributed by atoms with Gasteiger partial charge in [0.15, 0.2) is 6.61 Å². The Bertz CT molecular complexity index is 1060. The van der Waals surface area contributed by atoms with Crippen molar-refractivity contribution in [1.29, 1.82) is 0 Å². The fourth-order valence-electron chi connectivity index (χ4n) is 2.43. The normalized spacial score (nSPS) is 12.6.